The number of likely N-dealkylation sites (tertiary alicyclic amines) is 1. The number of carbonyl (C=O) groups excluding carboxylic acids is 5. The number of benzene rings is 1. The molecule has 322 valence electrons. The number of rotatable bonds is 24. The molecule has 0 saturated carbocycles. The highest BCUT2D eigenvalue weighted by atomic mass is 16.5. The van der Waals surface area contributed by atoms with Crippen LogP contribution in [0, 0.1) is 17.8 Å². The van der Waals surface area contributed by atoms with Crippen LogP contribution in [-0.4, -0.2) is 142 Å². The minimum atomic E-state index is -0.956. The summed E-state index contributed by atoms with van der Waals surface area (Å²) in [6.07, 6.45) is 1.38. The summed E-state index contributed by atoms with van der Waals surface area (Å²) < 4.78 is 16.8. The maximum atomic E-state index is 14.4. The Morgan fingerprint density at radius 1 is 0.965 bits per heavy atom. The number of esters is 1. The van der Waals surface area contributed by atoms with E-state index in [4.69, 9.17) is 19.9 Å². The summed E-state index contributed by atoms with van der Waals surface area (Å²) in [7, 11) is 7.88. The van der Waals surface area contributed by atoms with Gasteiger partial charge in [0.15, 0.2) is 0 Å². The van der Waals surface area contributed by atoms with Gasteiger partial charge in [0.05, 0.1) is 37.8 Å². The van der Waals surface area contributed by atoms with Crippen LogP contribution in [0.2, 0.25) is 0 Å². The van der Waals surface area contributed by atoms with Crippen molar-refractivity contribution in [3.63, 3.8) is 0 Å². The van der Waals surface area contributed by atoms with Crippen LogP contribution >= 0.6 is 0 Å². The van der Waals surface area contributed by atoms with Gasteiger partial charge in [-0.2, -0.15) is 0 Å². The Hall–Kier alpha value is -3.85. The van der Waals surface area contributed by atoms with Gasteiger partial charge in [0.1, 0.15) is 18.2 Å². The topological polar surface area (TPSA) is 173 Å². The SMILES string of the molecule is C=C(C(=O)N[C@@H](Cc1ccccc1)C(=O)OC)[C@@H](OC)[C@@H]1CCCN1C(=O)C[C@@H](OC)[C@H]([C@@H](C)CC)N(C)C(=O)[C@@H](NC(=O)C(C(C)C)N(C)CCCN)C(C)C. The van der Waals surface area contributed by atoms with Gasteiger partial charge in [-0.1, -0.05) is 84.9 Å². The van der Waals surface area contributed by atoms with Crippen LogP contribution in [0.15, 0.2) is 42.5 Å². The zero-order valence-corrected chi connectivity index (χ0v) is 36.4. The van der Waals surface area contributed by atoms with Gasteiger partial charge in [-0.05, 0) is 62.7 Å². The van der Waals surface area contributed by atoms with Gasteiger partial charge in [0, 0.05) is 39.8 Å². The molecule has 0 bridgehead atoms. The molecule has 1 aromatic carbocycles. The molecule has 1 aliphatic rings. The molecule has 8 atom stereocenters. The first kappa shape index (κ1) is 49.3. The molecular formula is C43H72N6O8. The van der Waals surface area contributed by atoms with Crippen LogP contribution in [-0.2, 0) is 44.6 Å². The standard InChI is InChI=1S/C43H72N6O8/c1-13-29(6)38(48(9)42(53)36(27(2)3)46-41(52)37(28(4)5)47(8)23-18-22-44)34(55-10)26-35(50)49-24-17-21-33(49)39(56-11)30(7)40(51)45-32(43(54)57-12)25-31-19-15-14-16-20-31/h14-16,19-20,27-29,32-34,36-39H,7,13,17-18,21-26,44H2,1-6,8-12H3,(H,45,51)(H,46,52)/t29-,32-,33-,34+,36-,37?,38-,39+/m0/s1. The van der Waals surface area contributed by atoms with Gasteiger partial charge in [-0.3, -0.25) is 24.1 Å². The lowest BCUT2D eigenvalue weighted by molar-refractivity contribution is -0.147. The highest BCUT2D eigenvalue weighted by Gasteiger charge is 2.42. The average molecular weight is 801 g/mol. The summed E-state index contributed by atoms with van der Waals surface area (Å²) in [5.74, 6) is -2.13. The van der Waals surface area contributed by atoms with E-state index in [9.17, 15) is 24.0 Å². The van der Waals surface area contributed by atoms with E-state index in [0.29, 0.717) is 38.9 Å². The van der Waals surface area contributed by atoms with E-state index in [1.165, 1.54) is 21.3 Å². The molecule has 1 heterocycles. The fourth-order valence-corrected chi connectivity index (χ4v) is 8.00. The van der Waals surface area contributed by atoms with Crippen LogP contribution in [0.1, 0.15) is 79.2 Å². The van der Waals surface area contributed by atoms with E-state index in [2.05, 4.69) is 17.2 Å². The monoisotopic (exact) mass is 801 g/mol. The molecule has 1 saturated heterocycles. The number of amides is 4. The van der Waals surface area contributed by atoms with Crippen LogP contribution in [0.5, 0.6) is 0 Å². The molecule has 14 nitrogen and oxygen atoms in total. The molecule has 4 N–H and O–H groups in total. The minimum absolute atomic E-state index is 0.000232. The molecule has 0 aromatic heterocycles. The van der Waals surface area contributed by atoms with E-state index >= 15 is 0 Å². The summed E-state index contributed by atoms with van der Waals surface area (Å²) >= 11 is 0. The van der Waals surface area contributed by atoms with Crippen LogP contribution in [0.25, 0.3) is 0 Å². The largest absolute Gasteiger partial charge is 0.467 e. The molecule has 2 rings (SSSR count). The van der Waals surface area contributed by atoms with Crippen molar-refractivity contribution >= 4 is 29.6 Å². The maximum Gasteiger partial charge on any atom is 0.328 e. The fraction of sp³-hybridized carbons (Fsp3) is 0.698. The van der Waals surface area contributed by atoms with Crippen LogP contribution < -0.4 is 16.4 Å². The smallest absolute Gasteiger partial charge is 0.328 e. The van der Waals surface area contributed by atoms with Gasteiger partial charge in [-0.25, -0.2) is 4.79 Å². The first-order valence-electron chi connectivity index (χ1n) is 20.4. The molecule has 57 heavy (non-hydrogen) atoms. The van der Waals surface area contributed by atoms with Crippen molar-refractivity contribution in [2.75, 3.05) is 55.1 Å². The third kappa shape index (κ3) is 13.6. The molecule has 0 spiro atoms. The summed E-state index contributed by atoms with van der Waals surface area (Å²) in [4.78, 5) is 74.0. The van der Waals surface area contributed by atoms with Crippen molar-refractivity contribution in [3.05, 3.63) is 48.0 Å². The number of methoxy groups -OCH3 is 3. The third-order valence-electron chi connectivity index (χ3n) is 11.3. The average Bonchev–Trinajstić information content (AvgIpc) is 3.67. The Morgan fingerprint density at radius 3 is 2.14 bits per heavy atom. The lowest BCUT2D eigenvalue weighted by Gasteiger charge is -2.41. The Kier molecular flexibility index (Phi) is 20.9. The molecule has 1 aliphatic heterocycles. The Morgan fingerprint density at radius 2 is 1.61 bits per heavy atom. The van der Waals surface area contributed by atoms with Crippen molar-refractivity contribution in [1.29, 1.82) is 0 Å². The quantitative estimate of drug-likeness (QED) is 0.104. The maximum absolute atomic E-state index is 14.4. The number of nitrogens with zero attached hydrogens (tertiary/aromatic N) is 3. The number of nitrogens with one attached hydrogen (secondary N) is 2. The molecule has 1 fully saturated rings. The first-order chi connectivity index (χ1) is 27.0. The molecule has 14 heteroatoms. The Labute approximate surface area is 341 Å². The van der Waals surface area contributed by atoms with E-state index in [1.54, 1.807) is 16.8 Å². The molecule has 4 amide bonds. The predicted molar refractivity (Wildman–Crippen MR) is 222 cm³/mol. The Bertz CT molecular complexity index is 1460. The second-order valence-electron chi connectivity index (χ2n) is 16.1. The van der Waals surface area contributed by atoms with Crippen molar-refractivity contribution in [3.8, 4) is 0 Å². The van der Waals surface area contributed by atoms with Crippen LogP contribution in [0.4, 0.5) is 0 Å². The number of hydrogen-bond acceptors (Lipinski definition) is 10. The lowest BCUT2D eigenvalue weighted by Crippen LogP contribution is -2.60. The first-order valence-corrected chi connectivity index (χ1v) is 20.4. The second-order valence-corrected chi connectivity index (χ2v) is 16.1. The molecule has 0 aliphatic carbocycles. The van der Waals surface area contributed by atoms with E-state index in [1.807, 2.05) is 83.8 Å². The number of nitrogens with two attached hydrogens (primary N) is 1. The molecular weight excluding hydrogens is 729 g/mol. The zero-order chi connectivity index (χ0) is 43.0. The molecule has 1 unspecified atom stereocenters. The highest BCUT2D eigenvalue weighted by Crippen LogP contribution is 2.29. The number of carbonyl (C=O) groups is 5. The van der Waals surface area contributed by atoms with Crippen molar-refractivity contribution in [2.24, 2.45) is 23.5 Å². The van der Waals surface area contributed by atoms with Crippen molar-refractivity contribution in [1.82, 2.24) is 25.3 Å². The van der Waals surface area contributed by atoms with Crippen molar-refractivity contribution < 1.29 is 38.2 Å². The molecule has 0 radical (unpaired) electrons. The summed E-state index contributed by atoms with van der Waals surface area (Å²) in [6.45, 7) is 17.5. The number of likely N-dealkylation sites (N-methyl/N-ethyl adjacent to an activating group) is 2. The minimum Gasteiger partial charge on any atom is -0.467 e. The molecule has 1 aromatic rings. The predicted octanol–water partition coefficient (Wildman–Crippen LogP) is 3.17. The van der Waals surface area contributed by atoms with Gasteiger partial charge < -0.3 is 40.4 Å². The normalized spacial score (nSPS) is 18.0. The fourth-order valence-electron chi connectivity index (χ4n) is 8.00. The van der Waals surface area contributed by atoms with Gasteiger partial charge >= 0.3 is 5.97 Å². The highest BCUT2D eigenvalue weighted by molar-refractivity contribution is 5.97. The summed E-state index contributed by atoms with van der Waals surface area (Å²) in [5.41, 5.74) is 6.67. The van der Waals surface area contributed by atoms with Crippen LogP contribution in [0.3, 0.4) is 0 Å². The Balaban J connectivity index is 2.29. The van der Waals surface area contributed by atoms with Gasteiger partial charge in [0.2, 0.25) is 23.6 Å². The van der Waals surface area contributed by atoms with Gasteiger partial charge in [0.25, 0.3) is 0 Å². The third-order valence-corrected chi connectivity index (χ3v) is 11.3. The van der Waals surface area contributed by atoms with E-state index < -0.39 is 54.3 Å². The van der Waals surface area contributed by atoms with E-state index in [-0.39, 0.29) is 53.9 Å². The second kappa shape index (κ2) is 24.2. The summed E-state index contributed by atoms with van der Waals surface area (Å²) in [5, 5.41) is 5.83. The summed E-state index contributed by atoms with van der Waals surface area (Å²) in [6, 6.07) is 6.09. The lowest BCUT2D eigenvalue weighted by atomic mass is 9.89. The van der Waals surface area contributed by atoms with E-state index in [0.717, 1.165) is 12.0 Å². The zero-order valence-electron chi connectivity index (χ0n) is 36.4. The van der Waals surface area contributed by atoms with Crippen molar-refractivity contribution in [2.45, 2.75) is 122 Å². The number of ether oxygens (including phenoxy) is 3. The van der Waals surface area contributed by atoms with Gasteiger partial charge in [-0.15, -0.1) is 0 Å². The number of hydrogen-bond donors (Lipinski definition) is 3.